The quantitative estimate of drug-likeness (QED) is 0.231. The number of nitriles is 1. The third kappa shape index (κ3) is 6.92. The minimum atomic E-state index is -1.60. The molecule has 1 aliphatic heterocycles. The van der Waals surface area contributed by atoms with E-state index in [1.165, 1.54) is 26.5 Å². The number of nitrogens with two attached hydrogens (primary N) is 1. The van der Waals surface area contributed by atoms with Crippen LogP contribution in [0.4, 0.5) is 5.82 Å². The number of nitrogens with zero attached hydrogens (tertiary/aromatic N) is 6. The van der Waals surface area contributed by atoms with E-state index in [1.54, 1.807) is 4.57 Å². The van der Waals surface area contributed by atoms with Crippen LogP contribution >= 0.6 is 8.53 Å². The lowest BCUT2D eigenvalue weighted by Crippen LogP contribution is -2.40. The van der Waals surface area contributed by atoms with E-state index in [4.69, 9.17) is 34.3 Å². The first-order valence-electron chi connectivity index (χ1n) is 12.2. The number of nitrogen functional groups attached to an aromatic ring is 1. The average molecular weight is 552 g/mol. The van der Waals surface area contributed by atoms with Gasteiger partial charge in [0.05, 0.1) is 32.0 Å². The number of anilines is 1. The van der Waals surface area contributed by atoms with E-state index in [0.29, 0.717) is 11.2 Å². The fourth-order valence-corrected chi connectivity index (χ4v) is 5.84. The van der Waals surface area contributed by atoms with Crippen molar-refractivity contribution < 1.29 is 32.8 Å². The highest BCUT2D eigenvalue weighted by Crippen LogP contribution is 2.47. The van der Waals surface area contributed by atoms with Gasteiger partial charge in [0.2, 0.25) is 0 Å². The normalized spacial score (nSPS) is 22.2. The van der Waals surface area contributed by atoms with Gasteiger partial charge in [-0.15, -0.1) is 0 Å². The zero-order valence-corrected chi connectivity index (χ0v) is 23.2. The van der Waals surface area contributed by atoms with Crippen molar-refractivity contribution in [2.45, 2.75) is 84.6 Å². The molecule has 1 fully saturated rings. The van der Waals surface area contributed by atoms with Crippen molar-refractivity contribution >= 4 is 37.4 Å². The summed E-state index contributed by atoms with van der Waals surface area (Å²) in [5, 5.41) is 8.96. The predicted molar refractivity (Wildman–Crippen MR) is 136 cm³/mol. The van der Waals surface area contributed by atoms with Crippen LogP contribution in [0.1, 0.15) is 54.2 Å². The molecule has 0 aliphatic carbocycles. The maximum absolute atomic E-state index is 12.1. The first-order chi connectivity index (χ1) is 18.0. The summed E-state index contributed by atoms with van der Waals surface area (Å²) in [5.41, 5.74) is 6.64. The smallest absolute Gasteiger partial charge is 0.303 e. The number of rotatable bonds is 12. The van der Waals surface area contributed by atoms with Crippen LogP contribution in [0.25, 0.3) is 11.2 Å². The average Bonchev–Trinajstić information content (AvgIpc) is 3.39. The molecular formula is C23H34N7O7P. The summed E-state index contributed by atoms with van der Waals surface area (Å²) in [4.78, 5) is 36.6. The lowest BCUT2D eigenvalue weighted by molar-refractivity contribution is -0.165. The molecular weight excluding hydrogens is 517 g/mol. The molecule has 3 rings (SSSR count). The van der Waals surface area contributed by atoms with E-state index >= 15 is 0 Å². The number of ether oxygens (including phenoxy) is 3. The molecule has 2 aromatic heterocycles. The Kier molecular flexibility index (Phi) is 10.3. The molecule has 0 amide bonds. The molecule has 0 aromatic carbocycles. The Bertz CT molecular complexity index is 1150. The standard InChI is InChI=1S/C23H34N7O7P/c1-13(2)30(14(3)4)38(33-9-7-8-24)34-10-17-19(35-15(5)31)20(36-16(6)32)23(37-17)29-12-28-18-21(25)26-11-27-22(18)29/h11-14,17,19-20,23H,7,9-10H2,1-6H3,(H2,25,26,27)/t17-,19?,20?,23-,38?/m1/s1. The minimum absolute atomic E-state index is 0.0514. The molecule has 2 N–H and O–H groups in total. The van der Waals surface area contributed by atoms with E-state index in [9.17, 15) is 9.59 Å². The fourth-order valence-electron chi connectivity index (χ4n) is 4.22. The first-order valence-corrected chi connectivity index (χ1v) is 13.3. The third-order valence-electron chi connectivity index (χ3n) is 5.56. The Hall–Kier alpha value is -2.95. The Morgan fingerprint density at radius 2 is 1.79 bits per heavy atom. The van der Waals surface area contributed by atoms with Crippen molar-refractivity contribution in [1.29, 1.82) is 5.26 Å². The van der Waals surface area contributed by atoms with Crippen LogP contribution in [0.5, 0.6) is 0 Å². The maximum atomic E-state index is 12.1. The van der Waals surface area contributed by atoms with Crippen LogP contribution in [-0.4, -0.2) is 79.7 Å². The molecule has 38 heavy (non-hydrogen) atoms. The summed E-state index contributed by atoms with van der Waals surface area (Å²) in [6, 6.07) is 2.23. The summed E-state index contributed by atoms with van der Waals surface area (Å²) in [5.74, 6) is -0.995. The first kappa shape index (κ1) is 29.6. The third-order valence-corrected chi connectivity index (χ3v) is 7.64. The lowest BCUT2D eigenvalue weighted by Gasteiger charge is -2.36. The molecule has 15 heteroatoms. The number of imidazole rings is 1. The van der Waals surface area contributed by atoms with E-state index in [-0.39, 0.29) is 37.5 Å². The van der Waals surface area contributed by atoms with Crippen LogP contribution in [-0.2, 0) is 32.8 Å². The van der Waals surface area contributed by atoms with E-state index in [2.05, 4.69) is 25.7 Å². The number of carbonyl (C=O) groups is 2. The highest BCUT2D eigenvalue weighted by atomic mass is 31.2. The second-order valence-corrected chi connectivity index (χ2v) is 10.6. The number of esters is 2. The van der Waals surface area contributed by atoms with Crippen LogP contribution < -0.4 is 5.73 Å². The molecule has 5 atom stereocenters. The SMILES string of the molecule is CC(=O)OC1C(OC(C)=O)[C@@H](COP(OCCC#N)N(C(C)C)C(C)C)O[C@H]1n1cnc2c(N)ncnc21. The van der Waals surface area contributed by atoms with Crippen LogP contribution in [0.3, 0.4) is 0 Å². The molecule has 1 saturated heterocycles. The summed E-state index contributed by atoms with van der Waals surface area (Å²) >= 11 is 0. The maximum Gasteiger partial charge on any atom is 0.303 e. The van der Waals surface area contributed by atoms with Crippen molar-refractivity contribution in [3.63, 3.8) is 0 Å². The topological polar surface area (TPSA) is 177 Å². The van der Waals surface area contributed by atoms with Gasteiger partial charge in [-0.25, -0.2) is 19.6 Å². The van der Waals surface area contributed by atoms with Crippen molar-refractivity contribution in [3.8, 4) is 6.07 Å². The van der Waals surface area contributed by atoms with Crippen molar-refractivity contribution in [1.82, 2.24) is 24.2 Å². The Labute approximate surface area is 222 Å². The highest BCUT2D eigenvalue weighted by Gasteiger charge is 2.51. The summed E-state index contributed by atoms with van der Waals surface area (Å²) in [6.07, 6.45) is -0.881. The number of carbonyl (C=O) groups excluding carboxylic acids is 2. The number of hydrogen-bond donors (Lipinski definition) is 1. The molecule has 0 bridgehead atoms. The Morgan fingerprint density at radius 3 is 2.39 bits per heavy atom. The molecule has 208 valence electrons. The molecule has 2 aromatic rings. The van der Waals surface area contributed by atoms with Gasteiger partial charge in [-0.1, -0.05) is 0 Å². The van der Waals surface area contributed by atoms with Gasteiger partial charge in [0, 0.05) is 25.9 Å². The predicted octanol–water partition coefficient (Wildman–Crippen LogP) is 2.46. The number of hydrogen-bond acceptors (Lipinski definition) is 13. The highest BCUT2D eigenvalue weighted by molar-refractivity contribution is 7.44. The van der Waals surface area contributed by atoms with E-state index in [1.807, 2.05) is 27.7 Å². The van der Waals surface area contributed by atoms with Crippen LogP contribution in [0.15, 0.2) is 12.7 Å². The van der Waals surface area contributed by atoms with Gasteiger partial charge in [0.25, 0.3) is 8.53 Å². The van der Waals surface area contributed by atoms with Crippen molar-refractivity contribution in [3.05, 3.63) is 12.7 Å². The van der Waals surface area contributed by atoms with Gasteiger partial charge in [-0.2, -0.15) is 5.26 Å². The van der Waals surface area contributed by atoms with Crippen LogP contribution in [0, 0.1) is 11.3 Å². The molecule has 0 spiro atoms. The van der Waals surface area contributed by atoms with Gasteiger partial charge in [0.15, 0.2) is 29.9 Å². The molecule has 3 heterocycles. The number of fused-ring (bicyclic) bond motifs is 1. The molecule has 0 radical (unpaired) electrons. The molecule has 0 saturated carbocycles. The minimum Gasteiger partial charge on any atom is -0.456 e. The zero-order chi connectivity index (χ0) is 28.0. The summed E-state index contributed by atoms with van der Waals surface area (Å²) < 4.78 is 33.3. The monoisotopic (exact) mass is 551 g/mol. The van der Waals surface area contributed by atoms with E-state index < -0.39 is 45.0 Å². The van der Waals surface area contributed by atoms with Crippen LogP contribution in [0.2, 0.25) is 0 Å². The van der Waals surface area contributed by atoms with E-state index in [0.717, 1.165) is 0 Å². The van der Waals surface area contributed by atoms with Gasteiger partial charge in [-0.05, 0) is 27.7 Å². The van der Waals surface area contributed by atoms with Gasteiger partial charge < -0.3 is 29.0 Å². The Balaban J connectivity index is 1.93. The lowest BCUT2D eigenvalue weighted by atomic mass is 10.1. The fraction of sp³-hybridized carbons (Fsp3) is 0.652. The second kappa shape index (κ2) is 13.2. The summed E-state index contributed by atoms with van der Waals surface area (Å²) in [6.45, 7) is 10.7. The molecule has 14 nitrogen and oxygen atoms in total. The van der Waals surface area contributed by atoms with Crippen molar-refractivity contribution in [2.75, 3.05) is 18.9 Å². The largest absolute Gasteiger partial charge is 0.456 e. The van der Waals surface area contributed by atoms with Gasteiger partial charge in [-0.3, -0.25) is 14.2 Å². The zero-order valence-electron chi connectivity index (χ0n) is 22.3. The van der Waals surface area contributed by atoms with Gasteiger partial charge in [0.1, 0.15) is 17.9 Å². The van der Waals surface area contributed by atoms with Gasteiger partial charge >= 0.3 is 11.9 Å². The number of aromatic nitrogens is 4. The molecule has 3 unspecified atom stereocenters. The Morgan fingerprint density at radius 1 is 1.13 bits per heavy atom. The van der Waals surface area contributed by atoms with Crippen molar-refractivity contribution in [2.24, 2.45) is 0 Å². The molecule has 1 aliphatic rings. The second-order valence-electron chi connectivity index (χ2n) is 9.14. The summed E-state index contributed by atoms with van der Waals surface area (Å²) in [7, 11) is -1.60.